The van der Waals surface area contributed by atoms with Crippen LogP contribution in [0.4, 0.5) is 0 Å². The predicted molar refractivity (Wildman–Crippen MR) is 68.9 cm³/mol. The Labute approximate surface area is 106 Å². The van der Waals surface area contributed by atoms with E-state index in [4.69, 9.17) is 5.11 Å². The van der Waals surface area contributed by atoms with Crippen molar-refractivity contribution in [2.24, 2.45) is 0 Å². The van der Waals surface area contributed by atoms with E-state index in [0.29, 0.717) is 20.5 Å². The third-order valence-corrected chi connectivity index (χ3v) is 4.62. The van der Waals surface area contributed by atoms with E-state index in [1.807, 2.05) is 30.3 Å². The van der Waals surface area contributed by atoms with E-state index in [-0.39, 0.29) is 0 Å². The van der Waals surface area contributed by atoms with E-state index in [9.17, 15) is 4.79 Å². The molecule has 0 saturated heterocycles. The molecule has 86 valence electrons. The maximum atomic E-state index is 10.7. The van der Waals surface area contributed by atoms with Gasteiger partial charge in [-0.2, -0.15) is 0 Å². The Hall–Kier alpha value is -1.57. The molecular weight excluding hydrogens is 279 g/mol. The Balaban J connectivity index is 1.98. The van der Waals surface area contributed by atoms with Gasteiger partial charge >= 0.3 is 106 Å². The topological polar surface area (TPSA) is 37.3 Å². The maximum absolute atomic E-state index is 10.7. The normalized spacial score (nSPS) is 10.1. The third-order valence-electron chi connectivity index (χ3n) is 2.35. The summed E-state index contributed by atoms with van der Waals surface area (Å²) >= 11 is 0.360. The van der Waals surface area contributed by atoms with Crippen molar-refractivity contribution < 1.29 is 9.90 Å². The molecule has 2 nitrogen and oxygen atoms in total. The minimum atomic E-state index is -0.868. The summed E-state index contributed by atoms with van der Waals surface area (Å²) in [4.78, 5) is 10.7. The van der Waals surface area contributed by atoms with Crippen LogP contribution in [0.2, 0.25) is 0 Å². The summed E-state index contributed by atoms with van der Waals surface area (Å²) in [5, 5.41) is 9.83. The van der Waals surface area contributed by atoms with Gasteiger partial charge in [-0.05, 0) is 0 Å². The van der Waals surface area contributed by atoms with Crippen LogP contribution in [-0.4, -0.2) is 26.0 Å². The quantitative estimate of drug-likeness (QED) is 0.874. The van der Waals surface area contributed by atoms with Crippen molar-refractivity contribution in [1.82, 2.24) is 0 Å². The Morgan fingerprint density at radius 1 is 1.00 bits per heavy atom. The molecule has 0 aromatic heterocycles. The number of hydrogen-bond donors (Lipinski definition) is 1. The van der Waals surface area contributed by atoms with Crippen LogP contribution in [0.25, 0.3) is 0 Å². The second-order valence-electron chi connectivity index (χ2n) is 3.60. The summed E-state index contributed by atoms with van der Waals surface area (Å²) in [5.41, 5.74) is 1.68. The molecule has 0 heterocycles. The van der Waals surface area contributed by atoms with Gasteiger partial charge in [0.15, 0.2) is 0 Å². The first-order valence-electron chi connectivity index (χ1n) is 5.26. The number of carboxylic acids is 1. The fourth-order valence-electron chi connectivity index (χ4n) is 1.43. The first-order chi connectivity index (χ1) is 8.25. The average molecular weight is 291 g/mol. The zero-order chi connectivity index (χ0) is 12.1. The molecule has 0 aliphatic carbocycles. The second kappa shape index (κ2) is 5.67. The van der Waals surface area contributed by atoms with E-state index in [0.717, 1.165) is 5.32 Å². The number of hydrogen-bond acceptors (Lipinski definition) is 1. The molecule has 0 bridgehead atoms. The second-order valence-corrected chi connectivity index (χ2v) is 5.80. The molecule has 0 amide bonds. The first kappa shape index (κ1) is 11.9. The summed E-state index contributed by atoms with van der Waals surface area (Å²) in [6, 6.07) is 17.5. The SMILES string of the molecule is O=C(O)c1ccc([Se]Cc2ccccc2)cc1. The third kappa shape index (κ3) is 3.45. The van der Waals surface area contributed by atoms with E-state index in [2.05, 4.69) is 12.1 Å². The summed E-state index contributed by atoms with van der Waals surface area (Å²) in [6.45, 7) is 0. The van der Waals surface area contributed by atoms with Gasteiger partial charge in [0.25, 0.3) is 0 Å². The molecule has 2 aromatic carbocycles. The van der Waals surface area contributed by atoms with Gasteiger partial charge in [-0.1, -0.05) is 0 Å². The van der Waals surface area contributed by atoms with Crippen molar-refractivity contribution in [2.45, 2.75) is 5.32 Å². The van der Waals surface area contributed by atoms with Crippen molar-refractivity contribution >= 4 is 25.4 Å². The molecule has 0 aliphatic rings. The Morgan fingerprint density at radius 2 is 1.65 bits per heavy atom. The van der Waals surface area contributed by atoms with Crippen molar-refractivity contribution in [3.05, 3.63) is 65.7 Å². The van der Waals surface area contributed by atoms with Crippen LogP contribution < -0.4 is 4.46 Å². The molecule has 0 unspecified atom stereocenters. The average Bonchev–Trinajstić information content (AvgIpc) is 2.38. The molecular formula is C14H12O2Se. The van der Waals surface area contributed by atoms with Crippen LogP contribution in [0.3, 0.4) is 0 Å². The van der Waals surface area contributed by atoms with E-state index >= 15 is 0 Å². The molecule has 0 spiro atoms. The van der Waals surface area contributed by atoms with Crippen molar-refractivity contribution in [2.75, 3.05) is 0 Å². The zero-order valence-corrected chi connectivity index (χ0v) is 10.9. The standard InChI is InChI=1S/C14H12O2Se/c15-14(16)12-6-8-13(9-7-12)17-10-11-4-2-1-3-5-11/h1-9H,10H2,(H,15,16). The predicted octanol–water partition coefficient (Wildman–Crippen LogP) is 1.91. The van der Waals surface area contributed by atoms with Gasteiger partial charge in [-0.15, -0.1) is 0 Å². The van der Waals surface area contributed by atoms with Crippen LogP contribution in [0.5, 0.6) is 0 Å². The molecule has 2 rings (SSSR count). The minimum absolute atomic E-state index is 0.351. The first-order valence-corrected chi connectivity index (χ1v) is 7.32. The molecule has 0 aliphatic heterocycles. The zero-order valence-electron chi connectivity index (χ0n) is 9.17. The van der Waals surface area contributed by atoms with E-state index in [1.54, 1.807) is 12.1 Å². The van der Waals surface area contributed by atoms with Crippen LogP contribution in [0.1, 0.15) is 15.9 Å². The Kier molecular flexibility index (Phi) is 3.97. The summed E-state index contributed by atoms with van der Waals surface area (Å²) in [5.74, 6) is -0.868. The summed E-state index contributed by atoms with van der Waals surface area (Å²) < 4.78 is 1.23. The number of carbonyl (C=O) groups is 1. The number of carboxylic acid groups (broad SMARTS) is 1. The monoisotopic (exact) mass is 292 g/mol. The van der Waals surface area contributed by atoms with Crippen LogP contribution in [-0.2, 0) is 5.32 Å². The van der Waals surface area contributed by atoms with Gasteiger partial charge < -0.3 is 0 Å². The Bertz CT molecular complexity index is 491. The molecule has 0 saturated carbocycles. The van der Waals surface area contributed by atoms with Gasteiger partial charge in [-0.25, -0.2) is 0 Å². The summed E-state index contributed by atoms with van der Waals surface area (Å²) in [7, 11) is 0. The fraction of sp³-hybridized carbons (Fsp3) is 0.0714. The molecule has 0 radical (unpaired) electrons. The van der Waals surface area contributed by atoms with Gasteiger partial charge in [0.05, 0.1) is 0 Å². The molecule has 2 aromatic rings. The molecule has 0 atom stereocenters. The fourth-order valence-corrected chi connectivity index (χ4v) is 3.23. The number of aromatic carboxylic acids is 1. The van der Waals surface area contributed by atoms with Gasteiger partial charge in [-0.3, -0.25) is 0 Å². The van der Waals surface area contributed by atoms with E-state index in [1.165, 1.54) is 10.0 Å². The number of rotatable bonds is 4. The van der Waals surface area contributed by atoms with Crippen molar-refractivity contribution in [3.8, 4) is 0 Å². The van der Waals surface area contributed by atoms with E-state index < -0.39 is 5.97 Å². The van der Waals surface area contributed by atoms with Gasteiger partial charge in [0.1, 0.15) is 0 Å². The van der Waals surface area contributed by atoms with Crippen LogP contribution >= 0.6 is 0 Å². The Morgan fingerprint density at radius 3 is 2.24 bits per heavy atom. The molecule has 0 fully saturated rings. The van der Waals surface area contributed by atoms with Crippen LogP contribution in [0.15, 0.2) is 54.6 Å². The van der Waals surface area contributed by atoms with Gasteiger partial charge in [0.2, 0.25) is 0 Å². The van der Waals surface area contributed by atoms with Gasteiger partial charge in [0, 0.05) is 0 Å². The van der Waals surface area contributed by atoms with Crippen molar-refractivity contribution in [3.63, 3.8) is 0 Å². The van der Waals surface area contributed by atoms with Crippen molar-refractivity contribution in [1.29, 1.82) is 0 Å². The molecule has 1 N–H and O–H groups in total. The number of benzene rings is 2. The van der Waals surface area contributed by atoms with Crippen LogP contribution in [0, 0.1) is 0 Å². The molecule has 17 heavy (non-hydrogen) atoms. The molecule has 3 heteroatoms. The summed E-state index contributed by atoms with van der Waals surface area (Å²) in [6.07, 6.45) is 0.